The monoisotopic (exact) mass is 210 g/mol. The van der Waals surface area contributed by atoms with Crippen LogP contribution in [0.2, 0.25) is 0 Å². The van der Waals surface area contributed by atoms with Crippen molar-refractivity contribution in [2.24, 2.45) is 0 Å². The molecule has 0 aromatic heterocycles. The van der Waals surface area contributed by atoms with Gasteiger partial charge in [-0.2, -0.15) is 0 Å². The van der Waals surface area contributed by atoms with E-state index in [1.54, 1.807) is 0 Å². The molecule has 0 radical (unpaired) electrons. The molecule has 2 rings (SSSR count). The molecule has 2 fully saturated rings. The maximum absolute atomic E-state index is 3.65. The normalized spacial score (nSPS) is 37.0. The van der Waals surface area contributed by atoms with Crippen LogP contribution in [0.5, 0.6) is 0 Å². The van der Waals surface area contributed by atoms with Crippen LogP contribution in [-0.4, -0.2) is 35.6 Å². The maximum atomic E-state index is 3.65. The third kappa shape index (κ3) is 2.54. The average Bonchev–Trinajstić information content (AvgIpc) is 2.59. The SMILES string of the molecule is CCC1CCCCN1C1CNC(C)(C)C1. The fourth-order valence-corrected chi connectivity index (χ4v) is 3.30. The summed E-state index contributed by atoms with van der Waals surface area (Å²) in [6.07, 6.45) is 6.93. The van der Waals surface area contributed by atoms with Crippen molar-refractivity contribution in [1.82, 2.24) is 10.2 Å². The van der Waals surface area contributed by atoms with Gasteiger partial charge in [-0.25, -0.2) is 0 Å². The van der Waals surface area contributed by atoms with Crippen molar-refractivity contribution in [3.63, 3.8) is 0 Å². The van der Waals surface area contributed by atoms with E-state index in [1.807, 2.05) is 0 Å². The number of piperidine rings is 1. The molecule has 0 saturated carbocycles. The summed E-state index contributed by atoms with van der Waals surface area (Å²) in [4.78, 5) is 2.78. The molecule has 0 aliphatic carbocycles. The molecule has 2 heterocycles. The van der Waals surface area contributed by atoms with Gasteiger partial charge in [0.1, 0.15) is 0 Å². The van der Waals surface area contributed by atoms with Gasteiger partial charge in [0.15, 0.2) is 0 Å². The second-order valence-electron chi connectivity index (χ2n) is 5.92. The molecule has 0 aromatic carbocycles. The van der Waals surface area contributed by atoms with Crippen LogP contribution in [0.3, 0.4) is 0 Å². The molecule has 2 aliphatic heterocycles. The largest absolute Gasteiger partial charge is 0.310 e. The molecular weight excluding hydrogens is 184 g/mol. The van der Waals surface area contributed by atoms with Crippen LogP contribution in [0, 0.1) is 0 Å². The van der Waals surface area contributed by atoms with E-state index in [2.05, 4.69) is 31.0 Å². The first-order valence-corrected chi connectivity index (χ1v) is 6.63. The lowest BCUT2D eigenvalue weighted by molar-refractivity contribution is 0.0974. The lowest BCUT2D eigenvalue weighted by Gasteiger charge is -2.39. The standard InChI is InChI=1S/C13H26N2/c1-4-11-7-5-6-8-15(11)12-9-13(2,3)14-10-12/h11-12,14H,4-10H2,1-3H3. The van der Waals surface area contributed by atoms with E-state index < -0.39 is 0 Å². The summed E-state index contributed by atoms with van der Waals surface area (Å²) in [5.74, 6) is 0. The zero-order chi connectivity index (χ0) is 10.9. The number of hydrogen-bond acceptors (Lipinski definition) is 2. The first kappa shape index (κ1) is 11.4. The molecule has 2 atom stereocenters. The van der Waals surface area contributed by atoms with Crippen LogP contribution >= 0.6 is 0 Å². The topological polar surface area (TPSA) is 15.3 Å². The Morgan fingerprint density at radius 2 is 2.13 bits per heavy atom. The summed E-state index contributed by atoms with van der Waals surface area (Å²) in [7, 11) is 0. The van der Waals surface area contributed by atoms with Crippen molar-refractivity contribution in [3.8, 4) is 0 Å². The Balaban J connectivity index is 1.97. The number of nitrogens with zero attached hydrogens (tertiary/aromatic N) is 1. The smallest absolute Gasteiger partial charge is 0.0241 e. The number of hydrogen-bond donors (Lipinski definition) is 1. The minimum Gasteiger partial charge on any atom is -0.310 e. The highest BCUT2D eigenvalue weighted by Gasteiger charge is 2.36. The van der Waals surface area contributed by atoms with Gasteiger partial charge in [-0.3, -0.25) is 4.90 Å². The minimum absolute atomic E-state index is 0.362. The number of rotatable bonds is 2. The minimum atomic E-state index is 0.362. The Labute approximate surface area is 94.4 Å². The maximum Gasteiger partial charge on any atom is 0.0241 e. The van der Waals surface area contributed by atoms with Crippen molar-refractivity contribution in [3.05, 3.63) is 0 Å². The quantitative estimate of drug-likeness (QED) is 0.753. The predicted molar refractivity (Wildman–Crippen MR) is 65.1 cm³/mol. The van der Waals surface area contributed by atoms with Gasteiger partial charge in [-0.15, -0.1) is 0 Å². The van der Waals surface area contributed by atoms with Gasteiger partial charge in [-0.05, 0) is 46.1 Å². The van der Waals surface area contributed by atoms with E-state index in [0.29, 0.717) is 5.54 Å². The highest BCUT2D eigenvalue weighted by atomic mass is 15.2. The predicted octanol–water partition coefficient (Wildman–Crippen LogP) is 2.39. The van der Waals surface area contributed by atoms with E-state index in [4.69, 9.17) is 0 Å². The first-order valence-electron chi connectivity index (χ1n) is 6.63. The van der Waals surface area contributed by atoms with Crippen LogP contribution < -0.4 is 5.32 Å². The van der Waals surface area contributed by atoms with Gasteiger partial charge in [0.05, 0.1) is 0 Å². The summed E-state index contributed by atoms with van der Waals surface area (Å²) in [5, 5.41) is 3.65. The highest BCUT2D eigenvalue weighted by molar-refractivity contribution is 4.96. The summed E-state index contributed by atoms with van der Waals surface area (Å²) in [6, 6.07) is 1.66. The van der Waals surface area contributed by atoms with Crippen LogP contribution in [0.15, 0.2) is 0 Å². The molecule has 2 saturated heterocycles. The van der Waals surface area contributed by atoms with Crippen molar-refractivity contribution < 1.29 is 0 Å². The summed E-state index contributed by atoms with van der Waals surface area (Å²) in [6.45, 7) is 9.54. The summed E-state index contributed by atoms with van der Waals surface area (Å²) < 4.78 is 0. The zero-order valence-electron chi connectivity index (χ0n) is 10.6. The van der Waals surface area contributed by atoms with Gasteiger partial charge in [-0.1, -0.05) is 13.3 Å². The van der Waals surface area contributed by atoms with Gasteiger partial charge >= 0.3 is 0 Å². The molecule has 2 aliphatic rings. The van der Waals surface area contributed by atoms with Crippen molar-refractivity contribution in [1.29, 1.82) is 0 Å². The molecule has 2 nitrogen and oxygen atoms in total. The lowest BCUT2D eigenvalue weighted by atomic mass is 9.94. The van der Waals surface area contributed by atoms with E-state index >= 15 is 0 Å². The Hall–Kier alpha value is -0.0800. The first-order chi connectivity index (χ1) is 7.12. The van der Waals surface area contributed by atoms with Crippen LogP contribution in [0.4, 0.5) is 0 Å². The molecule has 0 bridgehead atoms. The number of likely N-dealkylation sites (tertiary alicyclic amines) is 1. The summed E-state index contributed by atoms with van der Waals surface area (Å²) in [5.41, 5.74) is 0.362. The molecule has 0 amide bonds. The van der Waals surface area contributed by atoms with E-state index in [9.17, 15) is 0 Å². The van der Waals surface area contributed by atoms with Gasteiger partial charge in [0.2, 0.25) is 0 Å². The third-order valence-electron chi connectivity index (χ3n) is 4.18. The lowest BCUT2D eigenvalue weighted by Crippen LogP contribution is -2.46. The Morgan fingerprint density at radius 3 is 2.73 bits per heavy atom. The van der Waals surface area contributed by atoms with Gasteiger partial charge in [0.25, 0.3) is 0 Å². The average molecular weight is 210 g/mol. The van der Waals surface area contributed by atoms with Crippen LogP contribution in [0.1, 0.15) is 52.9 Å². The fraction of sp³-hybridized carbons (Fsp3) is 1.00. The molecule has 1 N–H and O–H groups in total. The highest BCUT2D eigenvalue weighted by Crippen LogP contribution is 2.28. The van der Waals surface area contributed by atoms with Crippen LogP contribution in [0.25, 0.3) is 0 Å². The van der Waals surface area contributed by atoms with Crippen LogP contribution in [-0.2, 0) is 0 Å². The molecule has 0 aromatic rings. The number of nitrogens with one attached hydrogen (secondary N) is 1. The van der Waals surface area contributed by atoms with Crippen molar-refractivity contribution in [2.45, 2.75) is 70.5 Å². The van der Waals surface area contributed by atoms with Gasteiger partial charge < -0.3 is 5.32 Å². The second-order valence-corrected chi connectivity index (χ2v) is 5.92. The Bertz CT molecular complexity index is 213. The van der Waals surface area contributed by atoms with E-state index in [-0.39, 0.29) is 0 Å². The molecule has 2 unspecified atom stereocenters. The fourth-order valence-electron chi connectivity index (χ4n) is 3.30. The Kier molecular flexibility index (Phi) is 3.36. The van der Waals surface area contributed by atoms with Crippen molar-refractivity contribution >= 4 is 0 Å². The molecular formula is C13H26N2. The van der Waals surface area contributed by atoms with E-state index in [1.165, 1.54) is 45.2 Å². The molecule has 0 spiro atoms. The molecule has 88 valence electrons. The van der Waals surface area contributed by atoms with E-state index in [0.717, 1.165) is 12.1 Å². The van der Waals surface area contributed by atoms with Gasteiger partial charge in [0, 0.05) is 24.2 Å². The molecule has 2 heteroatoms. The zero-order valence-corrected chi connectivity index (χ0v) is 10.6. The van der Waals surface area contributed by atoms with Crippen molar-refractivity contribution in [2.75, 3.05) is 13.1 Å². The second kappa shape index (κ2) is 4.42. The molecule has 15 heavy (non-hydrogen) atoms. The Morgan fingerprint density at radius 1 is 1.33 bits per heavy atom. The summed E-state index contributed by atoms with van der Waals surface area (Å²) >= 11 is 0. The third-order valence-corrected chi connectivity index (χ3v) is 4.18.